The summed E-state index contributed by atoms with van der Waals surface area (Å²) < 4.78 is 0. The highest BCUT2D eigenvalue weighted by molar-refractivity contribution is 5.79. The Morgan fingerprint density at radius 3 is 2.42 bits per heavy atom. The Morgan fingerprint density at radius 2 is 1.75 bits per heavy atom. The minimum absolute atomic E-state index is 0.164. The highest BCUT2D eigenvalue weighted by atomic mass is 16.2. The molecule has 0 radical (unpaired) electrons. The van der Waals surface area contributed by atoms with E-state index in [4.69, 9.17) is 5.73 Å². The molecular formula is C19H29N3O2. The van der Waals surface area contributed by atoms with Gasteiger partial charge in [-0.1, -0.05) is 37.6 Å². The van der Waals surface area contributed by atoms with Gasteiger partial charge in [-0.15, -0.1) is 0 Å². The number of aryl methyl sites for hydroxylation is 1. The average Bonchev–Trinajstić information content (AvgIpc) is 2.79. The van der Waals surface area contributed by atoms with Crippen molar-refractivity contribution in [2.24, 2.45) is 5.73 Å². The summed E-state index contributed by atoms with van der Waals surface area (Å²) in [6, 6.07) is 8.41. The van der Waals surface area contributed by atoms with Crippen LogP contribution in [0.25, 0.3) is 0 Å². The summed E-state index contributed by atoms with van der Waals surface area (Å²) in [5.41, 5.74) is 7.66. The van der Waals surface area contributed by atoms with Gasteiger partial charge in [0, 0.05) is 26.2 Å². The molecule has 1 aliphatic rings. The van der Waals surface area contributed by atoms with E-state index in [2.05, 4.69) is 31.2 Å². The molecule has 2 rings (SSSR count). The molecule has 1 heterocycles. The maximum Gasteiger partial charge on any atom is 0.231 e. The molecule has 1 aliphatic heterocycles. The fourth-order valence-corrected chi connectivity index (χ4v) is 3.09. The van der Waals surface area contributed by atoms with Crippen molar-refractivity contribution in [2.45, 2.75) is 39.0 Å². The number of primary amides is 1. The topological polar surface area (TPSA) is 66.6 Å². The van der Waals surface area contributed by atoms with Gasteiger partial charge in [0.2, 0.25) is 11.8 Å². The van der Waals surface area contributed by atoms with Gasteiger partial charge in [0.25, 0.3) is 0 Å². The van der Waals surface area contributed by atoms with Crippen molar-refractivity contribution in [2.75, 3.05) is 32.7 Å². The van der Waals surface area contributed by atoms with E-state index in [0.717, 1.165) is 31.5 Å². The number of carbonyl (C=O) groups excluding carboxylic acids is 2. The molecule has 132 valence electrons. The van der Waals surface area contributed by atoms with Crippen LogP contribution in [0.2, 0.25) is 0 Å². The van der Waals surface area contributed by atoms with Gasteiger partial charge in [0.1, 0.15) is 0 Å². The molecule has 1 saturated heterocycles. The summed E-state index contributed by atoms with van der Waals surface area (Å²) in [7, 11) is 0. The highest BCUT2D eigenvalue weighted by Crippen LogP contribution is 2.11. The van der Waals surface area contributed by atoms with Crippen molar-refractivity contribution >= 4 is 11.8 Å². The Kier molecular flexibility index (Phi) is 7.25. The molecule has 0 saturated carbocycles. The second-order valence-electron chi connectivity index (χ2n) is 6.57. The van der Waals surface area contributed by atoms with Crippen LogP contribution in [0.1, 0.15) is 37.3 Å². The Balaban J connectivity index is 1.84. The van der Waals surface area contributed by atoms with Crippen LogP contribution in [-0.2, 0) is 22.4 Å². The van der Waals surface area contributed by atoms with Gasteiger partial charge in [0.15, 0.2) is 0 Å². The molecule has 0 aromatic heterocycles. The first-order valence-electron chi connectivity index (χ1n) is 8.94. The number of rotatable bonds is 7. The van der Waals surface area contributed by atoms with E-state index in [-0.39, 0.29) is 18.4 Å². The zero-order valence-electron chi connectivity index (χ0n) is 14.7. The van der Waals surface area contributed by atoms with Gasteiger partial charge >= 0.3 is 0 Å². The van der Waals surface area contributed by atoms with Crippen molar-refractivity contribution in [3.63, 3.8) is 0 Å². The maximum absolute atomic E-state index is 12.5. The molecule has 2 amide bonds. The Hall–Kier alpha value is -1.88. The predicted octanol–water partition coefficient (Wildman–Crippen LogP) is 1.59. The number of carbonyl (C=O) groups is 2. The lowest BCUT2D eigenvalue weighted by Crippen LogP contribution is -2.38. The van der Waals surface area contributed by atoms with Crippen molar-refractivity contribution in [3.8, 4) is 0 Å². The zero-order valence-corrected chi connectivity index (χ0v) is 14.7. The summed E-state index contributed by atoms with van der Waals surface area (Å²) in [6.45, 7) is 5.42. The van der Waals surface area contributed by atoms with Crippen LogP contribution in [0.3, 0.4) is 0 Å². The van der Waals surface area contributed by atoms with E-state index in [9.17, 15) is 9.59 Å². The lowest BCUT2D eigenvalue weighted by molar-refractivity contribution is -0.130. The number of hydrogen-bond acceptors (Lipinski definition) is 3. The van der Waals surface area contributed by atoms with Crippen LogP contribution in [0.4, 0.5) is 0 Å². The molecule has 1 aromatic rings. The summed E-state index contributed by atoms with van der Waals surface area (Å²) in [5.74, 6) is -0.143. The van der Waals surface area contributed by atoms with Crippen LogP contribution in [-0.4, -0.2) is 54.3 Å². The minimum Gasteiger partial charge on any atom is -0.369 e. The molecule has 0 bridgehead atoms. The third-order valence-electron chi connectivity index (χ3n) is 4.52. The van der Waals surface area contributed by atoms with Gasteiger partial charge in [0.05, 0.1) is 13.0 Å². The quantitative estimate of drug-likeness (QED) is 0.825. The maximum atomic E-state index is 12.5. The van der Waals surface area contributed by atoms with E-state index in [1.165, 1.54) is 18.4 Å². The number of benzene rings is 1. The Labute approximate surface area is 144 Å². The van der Waals surface area contributed by atoms with Gasteiger partial charge in [-0.25, -0.2) is 0 Å². The third kappa shape index (κ3) is 5.96. The first-order valence-corrected chi connectivity index (χ1v) is 8.94. The fourth-order valence-electron chi connectivity index (χ4n) is 3.09. The SMILES string of the molecule is CCCCc1ccc(CC(=O)N2CCCN(CC(N)=O)CC2)cc1. The van der Waals surface area contributed by atoms with Crippen LogP contribution in [0, 0.1) is 0 Å². The standard InChI is InChI=1S/C19H29N3O2/c1-2-3-5-16-6-8-17(9-7-16)14-19(24)22-11-4-10-21(12-13-22)15-18(20)23/h6-9H,2-5,10-15H2,1H3,(H2,20,23). The number of amides is 2. The number of nitrogens with two attached hydrogens (primary N) is 1. The van der Waals surface area contributed by atoms with Gasteiger partial charge in [-0.2, -0.15) is 0 Å². The zero-order chi connectivity index (χ0) is 17.4. The monoisotopic (exact) mass is 331 g/mol. The molecule has 0 atom stereocenters. The third-order valence-corrected chi connectivity index (χ3v) is 4.52. The largest absolute Gasteiger partial charge is 0.369 e. The molecule has 0 unspecified atom stereocenters. The summed E-state index contributed by atoms with van der Waals surface area (Å²) >= 11 is 0. The molecule has 1 fully saturated rings. The lowest BCUT2D eigenvalue weighted by Gasteiger charge is -2.21. The molecule has 0 aliphatic carbocycles. The van der Waals surface area contributed by atoms with E-state index in [1.807, 2.05) is 9.80 Å². The first-order chi connectivity index (χ1) is 11.6. The first kappa shape index (κ1) is 18.5. The van der Waals surface area contributed by atoms with Crippen molar-refractivity contribution < 1.29 is 9.59 Å². The normalized spacial score (nSPS) is 16.0. The molecule has 24 heavy (non-hydrogen) atoms. The van der Waals surface area contributed by atoms with Crippen LogP contribution < -0.4 is 5.73 Å². The van der Waals surface area contributed by atoms with Gasteiger partial charge in [-0.3, -0.25) is 14.5 Å². The fraction of sp³-hybridized carbons (Fsp3) is 0.579. The summed E-state index contributed by atoms with van der Waals surface area (Å²) in [4.78, 5) is 27.5. The number of nitrogens with zero attached hydrogens (tertiary/aromatic N) is 2. The van der Waals surface area contributed by atoms with Crippen LogP contribution >= 0.6 is 0 Å². The summed E-state index contributed by atoms with van der Waals surface area (Å²) in [5, 5.41) is 0. The average molecular weight is 331 g/mol. The lowest BCUT2D eigenvalue weighted by atomic mass is 10.0. The molecule has 5 nitrogen and oxygen atoms in total. The molecular weight excluding hydrogens is 302 g/mol. The van der Waals surface area contributed by atoms with Crippen molar-refractivity contribution in [1.82, 2.24) is 9.80 Å². The molecule has 2 N–H and O–H groups in total. The van der Waals surface area contributed by atoms with Crippen LogP contribution in [0.5, 0.6) is 0 Å². The van der Waals surface area contributed by atoms with Crippen molar-refractivity contribution in [1.29, 1.82) is 0 Å². The highest BCUT2D eigenvalue weighted by Gasteiger charge is 2.19. The van der Waals surface area contributed by atoms with Gasteiger partial charge < -0.3 is 10.6 Å². The minimum atomic E-state index is -0.307. The van der Waals surface area contributed by atoms with Crippen molar-refractivity contribution in [3.05, 3.63) is 35.4 Å². The summed E-state index contributed by atoms with van der Waals surface area (Å²) in [6.07, 6.45) is 4.83. The van der Waals surface area contributed by atoms with E-state index >= 15 is 0 Å². The second kappa shape index (κ2) is 9.42. The molecule has 0 spiro atoms. The number of unbranched alkanes of at least 4 members (excludes halogenated alkanes) is 1. The smallest absolute Gasteiger partial charge is 0.231 e. The van der Waals surface area contributed by atoms with E-state index in [0.29, 0.717) is 19.5 Å². The van der Waals surface area contributed by atoms with Crippen LogP contribution in [0.15, 0.2) is 24.3 Å². The number of hydrogen-bond donors (Lipinski definition) is 1. The molecule has 5 heteroatoms. The second-order valence-corrected chi connectivity index (χ2v) is 6.57. The van der Waals surface area contributed by atoms with E-state index < -0.39 is 0 Å². The van der Waals surface area contributed by atoms with Gasteiger partial charge in [-0.05, 0) is 30.4 Å². The Bertz CT molecular complexity index is 542. The van der Waals surface area contributed by atoms with E-state index in [1.54, 1.807) is 0 Å². The predicted molar refractivity (Wildman–Crippen MR) is 95.6 cm³/mol. The Morgan fingerprint density at radius 1 is 1.04 bits per heavy atom. The molecule has 1 aromatic carbocycles.